The van der Waals surface area contributed by atoms with Gasteiger partial charge in [-0.15, -0.1) is 0 Å². The van der Waals surface area contributed by atoms with Crippen molar-refractivity contribution in [3.05, 3.63) is 59.7 Å². The van der Waals surface area contributed by atoms with E-state index in [-0.39, 0.29) is 31.4 Å². The molecule has 2 aromatic rings. The normalized spacial score (nSPS) is 13.0. The van der Waals surface area contributed by atoms with Crippen LogP contribution in [0.5, 0.6) is 0 Å². The monoisotopic (exact) mass is 466 g/mol. The maximum Gasteiger partial charge on any atom is 0.407 e. The largest absolute Gasteiger partial charge is 0.480 e. The van der Waals surface area contributed by atoms with Crippen molar-refractivity contribution in [1.29, 1.82) is 0 Å². The smallest absolute Gasteiger partial charge is 0.407 e. The lowest BCUT2D eigenvalue weighted by Crippen LogP contribution is -2.43. The number of unbranched alkanes of at least 4 members (excludes halogenated alkanes) is 4. The molecule has 34 heavy (non-hydrogen) atoms. The molecular weight excluding hydrogens is 432 g/mol. The first-order chi connectivity index (χ1) is 16.5. The Hall–Kier alpha value is -3.35. The fraction of sp³-hybridized carbons (Fsp3) is 0.444. The van der Waals surface area contributed by atoms with Crippen LogP contribution in [0, 0.1) is 0 Å². The van der Waals surface area contributed by atoms with Crippen LogP contribution in [0.25, 0.3) is 11.1 Å². The topological polar surface area (TPSA) is 105 Å². The van der Waals surface area contributed by atoms with E-state index in [0.717, 1.165) is 47.9 Å². The number of benzene rings is 2. The van der Waals surface area contributed by atoms with Crippen molar-refractivity contribution in [2.75, 3.05) is 13.2 Å². The molecular formula is C27H34N2O5. The van der Waals surface area contributed by atoms with Gasteiger partial charge in [-0.1, -0.05) is 81.1 Å². The molecule has 182 valence electrons. The number of carbonyl (C=O) groups is 3. The van der Waals surface area contributed by atoms with E-state index in [4.69, 9.17) is 4.74 Å². The third kappa shape index (κ3) is 6.83. The van der Waals surface area contributed by atoms with Gasteiger partial charge in [0.25, 0.3) is 0 Å². The first-order valence-electron chi connectivity index (χ1n) is 12.1. The minimum atomic E-state index is -1.16. The van der Waals surface area contributed by atoms with Crippen LogP contribution < -0.4 is 10.6 Å². The molecule has 0 aliphatic heterocycles. The van der Waals surface area contributed by atoms with Crippen LogP contribution in [-0.2, 0) is 14.3 Å². The summed E-state index contributed by atoms with van der Waals surface area (Å²) < 4.78 is 5.43. The number of carbonyl (C=O) groups excluding carboxylic acids is 2. The predicted molar refractivity (Wildman–Crippen MR) is 131 cm³/mol. The highest BCUT2D eigenvalue weighted by Gasteiger charge is 2.29. The number of carboxylic acid groups (broad SMARTS) is 1. The number of ether oxygens (including phenoxy) is 1. The summed E-state index contributed by atoms with van der Waals surface area (Å²) in [6, 6.07) is 14.9. The summed E-state index contributed by atoms with van der Waals surface area (Å²) in [5.41, 5.74) is 4.42. The molecule has 0 bridgehead atoms. The van der Waals surface area contributed by atoms with E-state index in [0.29, 0.717) is 6.42 Å². The number of aliphatic carboxylic acids is 1. The molecule has 0 fully saturated rings. The Morgan fingerprint density at radius 3 is 2.18 bits per heavy atom. The van der Waals surface area contributed by atoms with Gasteiger partial charge in [0.1, 0.15) is 12.6 Å². The molecule has 0 heterocycles. The first kappa shape index (κ1) is 25.3. The molecule has 0 unspecified atom stereocenters. The van der Waals surface area contributed by atoms with Gasteiger partial charge in [-0.3, -0.25) is 4.79 Å². The van der Waals surface area contributed by atoms with Gasteiger partial charge >= 0.3 is 12.1 Å². The van der Waals surface area contributed by atoms with Crippen molar-refractivity contribution < 1.29 is 24.2 Å². The summed E-state index contributed by atoms with van der Waals surface area (Å²) in [6.45, 7) is 2.43. The molecule has 7 heteroatoms. The van der Waals surface area contributed by atoms with Crippen molar-refractivity contribution in [1.82, 2.24) is 10.6 Å². The van der Waals surface area contributed by atoms with Gasteiger partial charge in [-0.2, -0.15) is 0 Å². The highest BCUT2D eigenvalue weighted by atomic mass is 16.5. The van der Waals surface area contributed by atoms with Gasteiger partial charge < -0.3 is 20.5 Å². The molecule has 0 saturated heterocycles. The summed E-state index contributed by atoms with van der Waals surface area (Å²) in [4.78, 5) is 35.9. The van der Waals surface area contributed by atoms with Gasteiger partial charge in [0.2, 0.25) is 5.91 Å². The van der Waals surface area contributed by atoms with Crippen LogP contribution in [0.1, 0.15) is 68.9 Å². The number of fused-ring (bicyclic) bond motifs is 3. The fourth-order valence-electron chi connectivity index (χ4n) is 4.37. The Bertz CT molecular complexity index is 945. The number of hydrogen-bond donors (Lipinski definition) is 3. The first-order valence-corrected chi connectivity index (χ1v) is 12.1. The Kier molecular flexibility index (Phi) is 9.50. The summed E-state index contributed by atoms with van der Waals surface area (Å²) in [5.74, 6) is -1.36. The lowest BCUT2D eigenvalue weighted by molar-refractivity contribution is -0.139. The Balaban J connectivity index is 1.45. The molecule has 0 spiro atoms. The summed E-state index contributed by atoms with van der Waals surface area (Å²) in [7, 11) is 0. The van der Waals surface area contributed by atoms with Crippen molar-refractivity contribution in [2.24, 2.45) is 0 Å². The Labute approximate surface area is 200 Å². The number of rotatable bonds is 13. The lowest BCUT2D eigenvalue weighted by atomic mass is 9.98. The summed E-state index contributed by atoms with van der Waals surface area (Å²) >= 11 is 0. The molecule has 3 N–H and O–H groups in total. The predicted octanol–water partition coefficient (Wildman–Crippen LogP) is 4.85. The number of alkyl carbamates (subject to hydrolysis) is 1. The number of hydrogen-bond acceptors (Lipinski definition) is 4. The number of amides is 2. The zero-order valence-electron chi connectivity index (χ0n) is 19.7. The second-order valence-electron chi connectivity index (χ2n) is 8.66. The van der Waals surface area contributed by atoms with Crippen LogP contribution in [-0.4, -0.2) is 42.3 Å². The number of nitrogens with one attached hydrogen (secondary N) is 2. The Morgan fingerprint density at radius 2 is 1.56 bits per heavy atom. The molecule has 0 aromatic heterocycles. The average Bonchev–Trinajstić information content (AvgIpc) is 3.15. The second kappa shape index (κ2) is 12.8. The minimum Gasteiger partial charge on any atom is -0.480 e. The fourth-order valence-corrected chi connectivity index (χ4v) is 4.37. The van der Waals surface area contributed by atoms with Crippen LogP contribution >= 0.6 is 0 Å². The van der Waals surface area contributed by atoms with Crippen LogP contribution in [0.15, 0.2) is 48.5 Å². The van der Waals surface area contributed by atoms with Gasteiger partial charge in [-0.25, -0.2) is 9.59 Å². The molecule has 2 aromatic carbocycles. The van der Waals surface area contributed by atoms with Crippen molar-refractivity contribution >= 4 is 18.0 Å². The van der Waals surface area contributed by atoms with Gasteiger partial charge in [-0.05, 0) is 35.1 Å². The van der Waals surface area contributed by atoms with Gasteiger partial charge in [0.15, 0.2) is 0 Å². The van der Waals surface area contributed by atoms with E-state index in [1.54, 1.807) is 0 Å². The molecule has 0 radical (unpaired) electrons. The van der Waals surface area contributed by atoms with Crippen LogP contribution in [0.4, 0.5) is 4.79 Å². The van der Waals surface area contributed by atoms with Crippen molar-refractivity contribution in [2.45, 2.75) is 63.8 Å². The molecule has 1 aliphatic carbocycles. The van der Waals surface area contributed by atoms with E-state index in [9.17, 15) is 19.5 Å². The molecule has 2 amide bonds. The highest BCUT2D eigenvalue weighted by Crippen LogP contribution is 2.44. The zero-order valence-corrected chi connectivity index (χ0v) is 19.7. The van der Waals surface area contributed by atoms with E-state index in [1.165, 1.54) is 6.42 Å². The molecule has 3 rings (SSSR count). The maximum atomic E-state index is 12.4. The van der Waals surface area contributed by atoms with Gasteiger partial charge in [0, 0.05) is 18.9 Å². The standard InChI is InChI=1S/C27H34N2O5/c1-2-3-4-5-6-15-25(30)28-17-16-24(26(31)32)29-27(33)34-18-23-21-13-9-7-11-19(21)20-12-8-10-14-22(20)23/h7-14,23-24H,2-6,15-18H2,1H3,(H,28,30)(H,29,33)(H,31,32)/t24-/m0/s1. The minimum absolute atomic E-state index is 0.0844. The van der Waals surface area contributed by atoms with E-state index >= 15 is 0 Å². The van der Waals surface area contributed by atoms with E-state index in [2.05, 4.69) is 17.6 Å². The zero-order chi connectivity index (χ0) is 24.3. The van der Waals surface area contributed by atoms with Gasteiger partial charge in [0.05, 0.1) is 0 Å². The molecule has 1 aliphatic rings. The lowest BCUT2D eigenvalue weighted by Gasteiger charge is -2.17. The second-order valence-corrected chi connectivity index (χ2v) is 8.66. The number of carboxylic acids is 1. The highest BCUT2D eigenvalue weighted by molar-refractivity contribution is 5.81. The quantitative estimate of drug-likeness (QED) is 0.366. The molecule has 1 atom stereocenters. The van der Waals surface area contributed by atoms with E-state index < -0.39 is 18.1 Å². The SMILES string of the molecule is CCCCCCCC(=O)NCC[C@H](NC(=O)OCC1c2ccccc2-c2ccccc21)C(=O)O. The Morgan fingerprint density at radius 1 is 0.941 bits per heavy atom. The van der Waals surface area contributed by atoms with Crippen LogP contribution in [0.3, 0.4) is 0 Å². The third-order valence-corrected chi connectivity index (χ3v) is 6.20. The molecule has 0 saturated carbocycles. The van der Waals surface area contributed by atoms with Crippen molar-refractivity contribution in [3.63, 3.8) is 0 Å². The van der Waals surface area contributed by atoms with Crippen LogP contribution in [0.2, 0.25) is 0 Å². The molecule has 7 nitrogen and oxygen atoms in total. The summed E-state index contributed by atoms with van der Waals surface area (Å²) in [6.07, 6.45) is 5.02. The summed E-state index contributed by atoms with van der Waals surface area (Å²) in [5, 5.41) is 14.6. The average molecular weight is 467 g/mol. The third-order valence-electron chi connectivity index (χ3n) is 6.20. The maximum absolute atomic E-state index is 12.4. The van der Waals surface area contributed by atoms with Crippen molar-refractivity contribution in [3.8, 4) is 11.1 Å². The van der Waals surface area contributed by atoms with E-state index in [1.807, 2.05) is 48.5 Å².